The van der Waals surface area contributed by atoms with Gasteiger partial charge in [-0.3, -0.25) is 4.79 Å². The molecular weight excluding hydrogens is 274 g/mol. The van der Waals surface area contributed by atoms with E-state index in [0.717, 1.165) is 5.56 Å². The fraction of sp³-hybridized carbons (Fsp3) is 0.214. The Kier molecular flexibility index (Phi) is 3.31. The number of fused-ring (bicyclic) bond motifs is 1. The molecule has 0 aliphatic heterocycles. The molecule has 1 aromatic carbocycles. The average Bonchev–Trinajstić information content (AvgIpc) is 2.99. The maximum atomic E-state index is 12.2. The SMILES string of the molecule is COc1cc2nc(Cc3cnoc3)[nH]c(=O)c2cc1OC. The number of rotatable bonds is 4. The maximum absolute atomic E-state index is 12.2. The van der Waals surface area contributed by atoms with Gasteiger partial charge in [-0.15, -0.1) is 0 Å². The summed E-state index contributed by atoms with van der Waals surface area (Å²) in [7, 11) is 3.06. The van der Waals surface area contributed by atoms with Crippen molar-refractivity contribution in [1.82, 2.24) is 15.1 Å². The Morgan fingerprint density at radius 2 is 2.00 bits per heavy atom. The Labute approximate surface area is 119 Å². The molecule has 3 rings (SSSR count). The number of aromatic amines is 1. The minimum atomic E-state index is -0.229. The second-order valence-electron chi connectivity index (χ2n) is 4.45. The number of nitrogens with one attached hydrogen (secondary N) is 1. The Bertz CT molecular complexity index is 824. The van der Waals surface area contributed by atoms with Gasteiger partial charge in [0.2, 0.25) is 0 Å². The number of aromatic nitrogens is 3. The zero-order valence-electron chi connectivity index (χ0n) is 11.5. The topological polar surface area (TPSA) is 90.2 Å². The zero-order chi connectivity index (χ0) is 14.8. The average molecular weight is 287 g/mol. The predicted octanol–water partition coefficient (Wildman–Crippen LogP) is 1.52. The van der Waals surface area contributed by atoms with Gasteiger partial charge >= 0.3 is 0 Å². The summed E-state index contributed by atoms with van der Waals surface area (Å²) in [5, 5.41) is 4.07. The van der Waals surface area contributed by atoms with Gasteiger partial charge in [0.25, 0.3) is 5.56 Å². The third-order valence-electron chi connectivity index (χ3n) is 3.11. The van der Waals surface area contributed by atoms with Gasteiger partial charge < -0.3 is 19.0 Å². The van der Waals surface area contributed by atoms with E-state index in [1.165, 1.54) is 20.5 Å². The molecule has 0 radical (unpaired) electrons. The molecule has 0 fully saturated rings. The van der Waals surface area contributed by atoms with Gasteiger partial charge in [-0.2, -0.15) is 0 Å². The minimum absolute atomic E-state index is 0.229. The molecule has 7 nitrogen and oxygen atoms in total. The smallest absolute Gasteiger partial charge is 0.258 e. The standard InChI is InChI=1S/C14H13N3O4/c1-19-11-4-9-10(5-12(11)20-2)16-13(17-14(9)18)3-8-6-15-21-7-8/h4-7H,3H2,1-2H3,(H,16,17,18). The Balaban J connectivity index is 2.12. The van der Waals surface area contributed by atoms with Crippen molar-refractivity contribution in [3.05, 3.63) is 46.3 Å². The number of benzene rings is 1. The van der Waals surface area contributed by atoms with Crippen LogP contribution in [0.1, 0.15) is 11.4 Å². The second-order valence-corrected chi connectivity index (χ2v) is 4.45. The molecule has 0 unspecified atom stereocenters. The van der Waals surface area contributed by atoms with Crippen LogP contribution in [0.25, 0.3) is 10.9 Å². The van der Waals surface area contributed by atoms with E-state index in [0.29, 0.717) is 34.6 Å². The molecule has 2 heterocycles. The lowest BCUT2D eigenvalue weighted by Crippen LogP contribution is -2.12. The molecule has 0 saturated heterocycles. The van der Waals surface area contributed by atoms with Gasteiger partial charge in [0.15, 0.2) is 11.5 Å². The van der Waals surface area contributed by atoms with E-state index < -0.39 is 0 Å². The summed E-state index contributed by atoms with van der Waals surface area (Å²) < 4.78 is 15.2. The van der Waals surface area contributed by atoms with Crippen LogP contribution in [0.4, 0.5) is 0 Å². The summed E-state index contributed by atoms with van der Waals surface area (Å²) >= 11 is 0. The highest BCUT2D eigenvalue weighted by atomic mass is 16.5. The van der Waals surface area contributed by atoms with Crippen LogP contribution in [0.3, 0.4) is 0 Å². The van der Waals surface area contributed by atoms with Crippen LogP contribution in [0.15, 0.2) is 33.9 Å². The summed E-state index contributed by atoms with van der Waals surface area (Å²) in [6.07, 6.45) is 3.53. The quantitative estimate of drug-likeness (QED) is 0.782. The normalized spacial score (nSPS) is 10.8. The van der Waals surface area contributed by atoms with Gasteiger partial charge in [0, 0.05) is 18.1 Å². The van der Waals surface area contributed by atoms with Crippen molar-refractivity contribution in [3.63, 3.8) is 0 Å². The lowest BCUT2D eigenvalue weighted by molar-refractivity contribution is 0.355. The molecule has 0 saturated carbocycles. The van der Waals surface area contributed by atoms with Crippen LogP contribution >= 0.6 is 0 Å². The Morgan fingerprint density at radius 1 is 1.24 bits per heavy atom. The molecular formula is C14H13N3O4. The number of H-pyrrole nitrogens is 1. The second kappa shape index (κ2) is 5.28. The number of hydrogen-bond acceptors (Lipinski definition) is 6. The van der Waals surface area contributed by atoms with Crippen LogP contribution in [0.5, 0.6) is 11.5 Å². The van der Waals surface area contributed by atoms with Crippen LogP contribution in [-0.4, -0.2) is 29.3 Å². The maximum Gasteiger partial charge on any atom is 0.258 e. The van der Waals surface area contributed by atoms with Crippen molar-refractivity contribution in [3.8, 4) is 11.5 Å². The lowest BCUT2D eigenvalue weighted by atomic mass is 10.2. The molecule has 0 spiro atoms. The highest BCUT2D eigenvalue weighted by molar-refractivity contribution is 5.81. The molecule has 2 aromatic heterocycles. The predicted molar refractivity (Wildman–Crippen MR) is 74.8 cm³/mol. The summed E-state index contributed by atoms with van der Waals surface area (Å²) in [6.45, 7) is 0. The highest BCUT2D eigenvalue weighted by Crippen LogP contribution is 2.29. The molecule has 3 aromatic rings. The van der Waals surface area contributed by atoms with E-state index >= 15 is 0 Å². The monoisotopic (exact) mass is 287 g/mol. The first-order valence-corrected chi connectivity index (χ1v) is 6.24. The fourth-order valence-electron chi connectivity index (χ4n) is 2.11. The van der Waals surface area contributed by atoms with E-state index in [-0.39, 0.29) is 5.56 Å². The number of methoxy groups -OCH3 is 2. The van der Waals surface area contributed by atoms with Crippen LogP contribution in [0, 0.1) is 0 Å². The first-order chi connectivity index (χ1) is 10.2. The molecule has 21 heavy (non-hydrogen) atoms. The largest absolute Gasteiger partial charge is 0.493 e. The van der Waals surface area contributed by atoms with E-state index in [9.17, 15) is 4.79 Å². The molecule has 0 aliphatic rings. The van der Waals surface area contributed by atoms with Crippen molar-refractivity contribution in [1.29, 1.82) is 0 Å². The summed E-state index contributed by atoms with van der Waals surface area (Å²) in [5.74, 6) is 1.55. The van der Waals surface area contributed by atoms with E-state index in [1.807, 2.05) is 0 Å². The number of nitrogens with zero attached hydrogens (tertiary/aromatic N) is 2. The van der Waals surface area contributed by atoms with Crippen molar-refractivity contribution < 1.29 is 14.0 Å². The highest BCUT2D eigenvalue weighted by Gasteiger charge is 2.11. The number of hydrogen-bond donors (Lipinski definition) is 1. The third-order valence-corrected chi connectivity index (χ3v) is 3.11. The molecule has 0 aliphatic carbocycles. The van der Waals surface area contributed by atoms with Crippen molar-refractivity contribution >= 4 is 10.9 Å². The lowest BCUT2D eigenvalue weighted by Gasteiger charge is -2.09. The van der Waals surface area contributed by atoms with E-state index in [1.54, 1.807) is 18.3 Å². The summed E-state index contributed by atoms with van der Waals surface area (Å²) in [5.41, 5.74) is 1.15. The molecule has 1 N–H and O–H groups in total. The van der Waals surface area contributed by atoms with Gasteiger partial charge in [-0.05, 0) is 6.07 Å². The first-order valence-electron chi connectivity index (χ1n) is 6.24. The summed E-state index contributed by atoms with van der Waals surface area (Å²) in [4.78, 5) is 19.3. The van der Waals surface area contributed by atoms with Crippen molar-refractivity contribution in [2.75, 3.05) is 14.2 Å². The molecule has 108 valence electrons. The van der Waals surface area contributed by atoms with Crippen LogP contribution in [-0.2, 0) is 6.42 Å². The van der Waals surface area contributed by atoms with Gasteiger partial charge in [0.1, 0.15) is 12.1 Å². The van der Waals surface area contributed by atoms with Crippen LogP contribution in [0.2, 0.25) is 0 Å². The van der Waals surface area contributed by atoms with Gasteiger partial charge in [0.05, 0.1) is 31.3 Å². The van der Waals surface area contributed by atoms with Crippen LogP contribution < -0.4 is 15.0 Å². The first kappa shape index (κ1) is 13.2. The molecule has 7 heteroatoms. The summed E-state index contributed by atoms with van der Waals surface area (Å²) in [6, 6.07) is 3.30. The molecule has 0 bridgehead atoms. The molecule has 0 atom stereocenters. The fourth-order valence-corrected chi connectivity index (χ4v) is 2.11. The molecule has 0 amide bonds. The van der Waals surface area contributed by atoms with Gasteiger partial charge in [-0.1, -0.05) is 5.16 Å². The van der Waals surface area contributed by atoms with Gasteiger partial charge in [-0.25, -0.2) is 4.98 Å². The minimum Gasteiger partial charge on any atom is -0.493 e. The Morgan fingerprint density at radius 3 is 2.67 bits per heavy atom. The van der Waals surface area contributed by atoms with E-state index in [2.05, 4.69) is 15.1 Å². The number of ether oxygens (including phenoxy) is 2. The zero-order valence-corrected chi connectivity index (χ0v) is 11.5. The third kappa shape index (κ3) is 2.45. The van der Waals surface area contributed by atoms with E-state index in [4.69, 9.17) is 14.0 Å². The van der Waals surface area contributed by atoms with Crippen molar-refractivity contribution in [2.24, 2.45) is 0 Å². The van der Waals surface area contributed by atoms with Crippen molar-refractivity contribution in [2.45, 2.75) is 6.42 Å². The Hall–Kier alpha value is -2.83.